The Morgan fingerprint density at radius 1 is 1.43 bits per heavy atom. The zero-order valence-corrected chi connectivity index (χ0v) is 10.2. The second-order valence-electron chi connectivity index (χ2n) is 2.84. The summed E-state index contributed by atoms with van der Waals surface area (Å²) in [5.41, 5.74) is 0.708. The Balaban J connectivity index is 2.77. The van der Waals surface area contributed by atoms with Crippen LogP contribution < -0.4 is 0 Å². The average Bonchev–Trinajstić information content (AvgIpc) is 2.18. The van der Waals surface area contributed by atoms with Crippen LogP contribution in [0.2, 0.25) is 10.0 Å². The molecule has 0 aliphatic carbocycles. The van der Waals surface area contributed by atoms with Gasteiger partial charge in [0, 0.05) is 21.4 Å². The normalized spacial score (nSPS) is 12.9. The van der Waals surface area contributed by atoms with Crippen molar-refractivity contribution in [1.82, 2.24) is 0 Å². The smallest absolute Gasteiger partial charge is 0.0895 e. The maximum Gasteiger partial charge on any atom is 0.0895 e. The molecule has 1 nitrogen and oxygen atoms in total. The predicted molar refractivity (Wildman–Crippen MR) is 64.4 cm³/mol. The summed E-state index contributed by atoms with van der Waals surface area (Å²) in [5.74, 6) is 1.63. The molecule has 0 aromatic heterocycles. The minimum absolute atomic E-state index is 0.536. The monoisotopic (exact) mass is 250 g/mol. The van der Waals surface area contributed by atoms with Crippen molar-refractivity contribution >= 4 is 35.0 Å². The van der Waals surface area contributed by atoms with Crippen LogP contribution in [-0.4, -0.2) is 16.6 Å². The van der Waals surface area contributed by atoms with E-state index in [9.17, 15) is 5.11 Å². The SMILES string of the molecule is CCSCC(O)c1cc(Cl)ccc1Cl. The van der Waals surface area contributed by atoms with Crippen LogP contribution in [0.5, 0.6) is 0 Å². The van der Waals surface area contributed by atoms with Crippen LogP contribution in [0.25, 0.3) is 0 Å². The molecule has 78 valence electrons. The molecule has 0 amide bonds. The Labute approximate surface area is 98.4 Å². The van der Waals surface area contributed by atoms with Crippen LogP contribution >= 0.6 is 35.0 Å². The third-order valence-electron chi connectivity index (χ3n) is 1.80. The fourth-order valence-corrected chi connectivity index (χ4v) is 2.15. The third-order valence-corrected chi connectivity index (χ3v) is 3.34. The van der Waals surface area contributed by atoms with Crippen LogP contribution in [0.1, 0.15) is 18.6 Å². The lowest BCUT2D eigenvalue weighted by Crippen LogP contribution is -2.01. The molecule has 0 heterocycles. The molecule has 1 aromatic rings. The summed E-state index contributed by atoms with van der Waals surface area (Å²) in [6, 6.07) is 5.14. The summed E-state index contributed by atoms with van der Waals surface area (Å²) in [4.78, 5) is 0. The van der Waals surface area contributed by atoms with Gasteiger partial charge in [-0.1, -0.05) is 30.1 Å². The molecule has 0 saturated heterocycles. The fourth-order valence-electron chi connectivity index (χ4n) is 1.09. The Bertz CT molecular complexity index is 304. The van der Waals surface area contributed by atoms with Gasteiger partial charge in [-0.05, 0) is 24.0 Å². The van der Waals surface area contributed by atoms with Crippen molar-refractivity contribution in [3.05, 3.63) is 33.8 Å². The highest BCUT2D eigenvalue weighted by atomic mass is 35.5. The van der Waals surface area contributed by atoms with Gasteiger partial charge in [0.1, 0.15) is 0 Å². The Hall–Kier alpha value is 0.110. The number of aliphatic hydroxyl groups excluding tert-OH is 1. The number of hydrogen-bond donors (Lipinski definition) is 1. The first-order chi connectivity index (χ1) is 6.65. The Morgan fingerprint density at radius 2 is 2.14 bits per heavy atom. The molecule has 4 heteroatoms. The van der Waals surface area contributed by atoms with E-state index in [1.165, 1.54) is 0 Å². The number of thioether (sulfide) groups is 1. The van der Waals surface area contributed by atoms with Gasteiger partial charge in [0.15, 0.2) is 0 Å². The number of halogens is 2. The second kappa shape index (κ2) is 5.86. The third kappa shape index (κ3) is 3.35. The van der Waals surface area contributed by atoms with E-state index in [0.29, 0.717) is 21.4 Å². The van der Waals surface area contributed by atoms with Gasteiger partial charge < -0.3 is 5.11 Å². The first-order valence-electron chi connectivity index (χ1n) is 4.36. The van der Waals surface area contributed by atoms with Crippen molar-refractivity contribution in [1.29, 1.82) is 0 Å². The summed E-state index contributed by atoms with van der Waals surface area (Å²) >= 11 is 13.4. The molecule has 0 spiro atoms. The van der Waals surface area contributed by atoms with Gasteiger partial charge in [-0.3, -0.25) is 0 Å². The molecule has 1 rings (SSSR count). The number of benzene rings is 1. The molecule has 0 bridgehead atoms. The molecule has 1 unspecified atom stereocenters. The molecule has 0 aliphatic heterocycles. The Morgan fingerprint density at radius 3 is 2.79 bits per heavy atom. The number of aliphatic hydroxyl groups is 1. The van der Waals surface area contributed by atoms with E-state index in [1.54, 1.807) is 30.0 Å². The van der Waals surface area contributed by atoms with Gasteiger partial charge in [-0.2, -0.15) is 11.8 Å². The molecule has 14 heavy (non-hydrogen) atoms. The van der Waals surface area contributed by atoms with Crippen LogP contribution in [0.3, 0.4) is 0 Å². The van der Waals surface area contributed by atoms with Gasteiger partial charge in [0.25, 0.3) is 0 Å². The second-order valence-corrected chi connectivity index (χ2v) is 5.00. The summed E-state index contributed by atoms with van der Waals surface area (Å²) in [6.07, 6.45) is -0.536. The first kappa shape index (κ1) is 12.2. The molecular weight excluding hydrogens is 239 g/mol. The zero-order chi connectivity index (χ0) is 10.6. The zero-order valence-electron chi connectivity index (χ0n) is 7.84. The maximum atomic E-state index is 9.79. The predicted octanol–water partition coefficient (Wildman–Crippen LogP) is 3.78. The molecular formula is C10H12Cl2OS. The highest BCUT2D eigenvalue weighted by molar-refractivity contribution is 7.99. The van der Waals surface area contributed by atoms with Gasteiger partial charge >= 0.3 is 0 Å². The van der Waals surface area contributed by atoms with Crippen LogP contribution in [0.4, 0.5) is 0 Å². The topological polar surface area (TPSA) is 20.2 Å². The van der Waals surface area contributed by atoms with Crippen LogP contribution in [0, 0.1) is 0 Å². The minimum atomic E-state index is -0.536. The van der Waals surface area contributed by atoms with Crippen molar-refractivity contribution in [3.63, 3.8) is 0 Å². The number of hydrogen-bond acceptors (Lipinski definition) is 2. The molecule has 1 aromatic carbocycles. The van der Waals surface area contributed by atoms with Crippen molar-refractivity contribution < 1.29 is 5.11 Å². The van der Waals surface area contributed by atoms with Crippen LogP contribution in [-0.2, 0) is 0 Å². The molecule has 1 atom stereocenters. The molecule has 1 N–H and O–H groups in total. The fraction of sp³-hybridized carbons (Fsp3) is 0.400. The summed E-state index contributed by atoms with van der Waals surface area (Å²) in [6.45, 7) is 2.05. The van der Waals surface area contributed by atoms with E-state index in [4.69, 9.17) is 23.2 Å². The van der Waals surface area contributed by atoms with E-state index in [2.05, 4.69) is 6.92 Å². The molecule has 0 fully saturated rings. The van der Waals surface area contributed by atoms with Crippen LogP contribution in [0.15, 0.2) is 18.2 Å². The quantitative estimate of drug-likeness (QED) is 0.878. The summed E-state index contributed by atoms with van der Waals surface area (Å²) in [5, 5.41) is 11.0. The van der Waals surface area contributed by atoms with Crippen molar-refractivity contribution in [2.45, 2.75) is 13.0 Å². The van der Waals surface area contributed by atoms with Gasteiger partial charge in [-0.15, -0.1) is 0 Å². The van der Waals surface area contributed by atoms with Crippen molar-refractivity contribution in [3.8, 4) is 0 Å². The highest BCUT2D eigenvalue weighted by Gasteiger charge is 2.11. The van der Waals surface area contributed by atoms with E-state index in [0.717, 1.165) is 5.75 Å². The van der Waals surface area contributed by atoms with Crippen molar-refractivity contribution in [2.75, 3.05) is 11.5 Å². The van der Waals surface area contributed by atoms with E-state index < -0.39 is 6.10 Å². The first-order valence-corrected chi connectivity index (χ1v) is 6.27. The molecule has 0 aliphatic rings. The Kier molecular flexibility index (Phi) is 5.10. The van der Waals surface area contributed by atoms with E-state index >= 15 is 0 Å². The average molecular weight is 251 g/mol. The summed E-state index contributed by atoms with van der Waals surface area (Å²) < 4.78 is 0. The lowest BCUT2D eigenvalue weighted by molar-refractivity contribution is 0.204. The lowest BCUT2D eigenvalue weighted by atomic mass is 10.1. The highest BCUT2D eigenvalue weighted by Crippen LogP contribution is 2.28. The largest absolute Gasteiger partial charge is 0.387 e. The molecule has 0 saturated carbocycles. The van der Waals surface area contributed by atoms with Gasteiger partial charge in [0.2, 0.25) is 0 Å². The van der Waals surface area contributed by atoms with E-state index in [-0.39, 0.29) is 0 Å². The van der Waals surface area contributed by atoms with Gasteiger partial charge in [0.05, 0.1) is 6.10 Å². The summed E-state index contributed by atoms with van der Waals surface area (Å²) in [7, 11) is 0. The van der Waals surface area contributed by atoms with Gasteiger partial charge in [-0.25, -0.2) is 0 Å². The standard InChI is InChI=1S/C10H12Cl2OS/c1-2-14-6-10(13)8-5-7(11)3-4-9(8)12/h3-5,10,13H,2,6H2,1H3. The number of rotatable bonds is 4. The maximum absolute atomic E-state index is 9.79. The minimum Gasteiger partial charge on any atom is -0.387 e. The molecule has 0 radical (unpaired) electrons. The van der Waals surface area contributed by atoms with Crippen molar-refractivity contribution in [2.24, 2.45) is 0 Å². The van der Waals surface area contributed by atoms with E-state index in [1.807, 2.05) is 0 Å². The lowest BCUT2D eigenvalue weighted by Gasteiger charge is -2.12.